The SMILES string of the molecule is COc1cccn2c(=O)c(CNC(=O)C(C)C)c(Nc3ccc4ncccc4c3)nc12. The third kappa shape index (κ3) is 4.05. The van der Waals surface area contributed by atoms with E-state index in [9.17, 15) is 9.59 Å². The molecule has 4 aromatic rings. The third-order valence-electron chi connectivity index (χ3n) is 4.96. The summed E-state index contributed by atoms with van der Waals surface area (Å²) < 4.78 is 6.81. The second-order valence-corrected chi connectivity index (χ2v) is 7.42. The molecular formula is C23H23N5O3. The van der Waals surface area contributed by atoms with Crippen LogP contribution < -0.4 is 20.9 Å². The van der Waals surface area contributed by atoms with Crippen LogP contribution in [0.15, 0.2) is 59.7 Å². The van der Waals surface area contributed by atoms with Gasteiger partial charge in [0, 0.05) is 29.4 Å². The maximum atomic E-state index is 13.3. The van der Waals surface area contributed by atoms with Crippen LogP contribution in [-0.2, 0) is 11.3 Å². The van der Waals surface area contributed by atoms with Gasteiger partial charge >= 0.3 is 0 Å². The predicted octanol–water partition coefficient (Wildman–Crippen LogP) is 3.27. The van der Waals surface area contributed by atoms with Crippen molar-refractivity contribution in [1.82, 2.24) is 19.7 Å². The van der Waals surface area contributed by atoms with Crippen LogP contribution in [0.25, 0.3) is 16.6 Å². The summed E-state index contributed by atoms with van der Waals surface area (Å²) in [6.07, 6.45) is 3.37. The second kappa shape index (κ2) is 8.43. The van der Waals surface area contributed by atoms with E-state index in [2.05, 4.69) is 20.6 Å². The zero-order chi connectivity index (χ0) is 22.0. The number of methoxy groups -OCH3 is 1. The van der Waals surface area contributed by atoms with E-state index in [1.54, 1.807) is 38.4 Å². The van der Waals surface area contributed by atoms with Gasteiger partial charge in [-0.2, -0.15) is 0 Å². The maximum absolute atomic E-state index is 13.3. The van der Waals surface area contributed by atoms with Crippen LogP contribution in [-0.4, -0.2) is 27.4 Å². The van der Waals surface area contributed by atoms with E-state index in [1.807, 2.05) is 30.3 Å². The number of carbonyl (C=O) groups is 1. The number of nitrogens with zero attached hydrogens (tertiary/aromatic N) is 3. The molecular weight excluding hydrogens is 394 g/mol. The molecule has 3 aromatic heterocycles. The van der Waals surface area contributed by atoms with Crippen molar-refractivity contribution in [3.8, 4) is 5.75 Å². The van der Waals surface area contributed by atoms with Gasteiger partial charge in [0.05, 0.1) is 24.7 Å². The van der Waals surface area contributed by atoms with Crippen LogP contribution in [0.5, 0.6) is 5.75 Å². The molecule has 4 rings (SSSR count). The highest BCUT2D eigenvalue weighted by Crippen LogP contribution is 2.24. The van der Waals surface area contributed by atoms with Crippen LogP contribution in [0.1, 0.15) is 19.4 Å². The summed E-state index contributed by atoms with van der Waals surface area (Å²) in [5.74, 6) is 0.503. The Morgan fingerprint density at radius 2 is 2.03 bits per heavy atom. The number of hydrogen-bond acceptors (Lipinski definition) is 6. The van der Waals surface area contributed by atoms with E-state index in [4.69, 9.17) is 4.74 Å². The van der Waals surface area contributed by atoms with Crippen LogP contribution in [0.3, 0.4) is 0 Å². The summed E-state index contributed by atoms with van der Waals surface area (Å²) in [6, 6.07) is 13.0. The number of aromatic nitrogens is 3. The Morgan fingerprint density at radius 1 is 1.19 bits per heavy atom. The average Bonchev–Trinajstić information content (AvgIpc) is 2.78. The first kappa shape index (κ1) is 20.3. The van der Waals surface area contributed by atoms with Gasteiger partial charge < -0.3 is 15.4 Å². The van der Waals surface area contributed by atoms with Crippen molar-refractivity contribution in [3.05, 3.63) is 70.8 Å². The molecule has 3 heterocycles. The van der Waals surface area contributed by atoms with Crippen molar-refractivity contribution in [2.75, 3.05) is 12.4 Å². The number of pyridine rings is 2. The molecule has 1 amide bonds. The first-order valence-corrected chi connectivity index (χ1v) is 9.95. The third-order valence-corrected chi connectivity index (χ3v) is 4.96. The van der Waals surface area contributed by atoms with Gasteiger partial charge in [0.15, 0.2) is 11.4 Å². The monoisotopic (exact) mass is 417 g/mol. The Bertz CT molecular complexity index is 1330. The zero-order valence-corrected chi connectivity index (χ0v) is 17.5. The fourth-order valence-electron chi connectivity index (χ4n) is 3.27. The van der Waals surface area contributed by atoms with Gasteiger partial charge in [-0.25, -0.2) is 4.98 Å². The molecule has 0 aliphatic heterocycles. The van der Waals surface area contributed by atoms with Crippen molar-refractivity contribution in [1.29, 1.82) is 0 Å². The second-order valence-electron chi connectivity index (χ2n) is 7.42. The Balaban J connectivity index is 1.82. The molecule has 0 bridgehead atoms. The number of ether oxygens (including phenoxy) is 1. The van der Waals surface area contributed by atoms with Crippen molar-refractivity contribution in [3.63, 3.8) is 0 Å². The summed E-state index contributed by atoms with van der Waals surface area (Å²) >= 11 is 0. The average molecular weight is 417 g/mol. The number of fused-ring (bicyclic) bond motifs is 2. The lowest BCUT2D eigenvalue weighted by Gasteiger charge is -2.15. The standard InChI is InChI=1S/C23H23N5O3/c1-14(2)22(29)25-13-17-20(26-16-8-9-18-15(12-16)6-4-10-24-18)27-21-19(31-3)7-5-11-28(21)23(17)30/h4-12,14,26H,13H2,1-3H3,(H,25,29). The summed E-state index contributed by atoms with van der Waals surface area (Å²) in [6.45, 7) is 3.66. The summed E-state index contributed by atoms with van der Waals surface area (Å²) in [5, 5.41) is 7.01. The van der Waals surface area contributed by atoms with Crippen molar-refractivity contribution >= 4 is 34.0 Å². The number of hydrogen-bond donors (Lipinski definition) is 2. The van der Waals surface area contributed by atoms with E-state index in [1.165, 1.54) is 11.5 Å². The molecule has 0 radical (unpaired) electrons. The minimum Gasteiger partial charge on any atom is -0.493 e. The van der Waals surface area contributed by atoms with Gasteiger partial charge in [0.1, 0.15) is 5.82 Å². The van der Waals surface area contributed by atoms with E-state index in [0.29, 0.717) is 22.8 Å². The first-order chi connectivity index (χ1) is 15.0. The van der Waals surface area contributed by atoms with Crippen LogP contribution in [0, 0.1) is 5.92 Å². The zero-order valence-electron chi connectivity index (χ0n) is 17.5. The van der Waals surface area contributed by atoms with Gasteiger partial charge in [0.2, 0.25) is 5.91 Å². The highest BCUT2D eigenvalue weighted by molar-refractivity contribution is 5.83. The molecule has 31 heavy (non-hydrogen) atoms. The largest absolute Gasteiger partial charge is 0.493 e. The Morgan fingerprint density at radius 3 is 2.81 bits per heavy atom. The molecule has 1 aromatic carbocycles. The Kier molecular flexibility index (Phi) is 5.53. The lowest BCUT2D eigenvalue weighted by molar-refractivity contribution is -0.124. The van der Waals surface area contributed by atoms with Crippen molar-refractivity contribution < 1.29 is 9.53 Å². The fraction of sp³-hybridized carbons (Fsp3) is 0.217. The van der Waals surface area contributed by atoms with E-state index in [-0.39, 0.29) is 23.9 Å². The minimum absolute atomic E-state index is 0.0560. The lowest BCUT2D eigenvalue weighted by Crippen LogP contribution is -2.32. The van der Waals surface area contributed by atoms with Gasteiger partial charge in [-0.15, -0.1) is 0 Å². The number of nitrogens with one attached hydrogen (secondary N) is 2. The highest BCUT2D eigenvalue weighted by Gasteiger charge is 2.17. The molecule has 0 saturated carbocycles. The van der Waals surface area contributed by atoms with E-state index < -0.39 is 0 Å². The summed E-state index contributed by atoms with van der Waals surface area (Å²) in [7, 11) is 1.53. The smallest absolute Gasteiger partial charge is 0.265 e. The van der Waals surface area contributed by atoms with Gasteiger partial charge in [0.25, 0.3) is 5.56 Å². The number of benzene rings is 1. The van der Waals surface area contributed by atoms with Gasteiger partial charge in [-0.3, -0.25) is 19.0 Å². The van der Waals surface area contributed by atoms with Crippen LogP contribution in [0.4, 0.5) is 11.5 Å². The predicted molar refractivity (Wildman–Crippen MR) is 120 cm³/mol. The number of carbonyl (C=O) groups excluding carboxylic acids is 1. The molecule has 8 heteroatoms. The molecule has 0 spiro atoms. The molecule has 2 N–H and O–H groups in total. The quantitative estimate of drug-likeness (QED) is 0.500. The first-order valence-electron chi connectivity index (χ1n) is 9.95. The molecule has 0 saturated heterocycles. The number of amides is 1. The van der Waals surface area contributed by atoms with Crippen molar-refractivity contribution in [2.45, 2.75) is 20.4 Å². The van der Waals surface area contributed by atoms with Crippen LogP contribution in [0.2, 0.25) is 0 Å². The van der Waals surface area contributed by atoms with E-state index >= 15 is 0 Å². The topological polar surface area (TPSA) is 97.6 Å². The summed E-state index contributed by atoms with van der Waals surface area (Å²) in [5.41, 5.74) is 2.08. The van der Waals surface area contributed by atoms with Crippen LogP contribution >= 0.6 is 0 Å². The molecule has 0 unspecified atom stereocenters. The van der Waals surface area contributed by atoms with Crippen molar-refractivity contribution in [2.24, 2.45) is 5.92 Å². The molecule has 8 nitrogen and oxygen atoms in total. The van der Waals surface area contributed by atoms with Gasteiger partial charge in [-0.1, -0.05) is 19.9 Å². The molecule has 0 aliphatic carbocycles. The molecule has 158 valence electrons. The molecule has 0 aliphatic rings. The number of rotatable bonds is 6. The van der Waals surface area contributed by atoms with Gasteiger partial charge in [-0.05, 0) is 36.4 Å². The molecule has 0 atom stereocenters. The molecule has 0 fully saturated rings. The fourth-order valence-corrected chi connectivity index (χ4v) is 3.27. The highest BCUT2D eigenvalue weighted by atomic mass is 16.5. The Hall–Kier alpha value is -3.94. The maximum Gasteiger partial charge on any atom is 0.265 e. The van der Waals surface area contributed by atoms with E-state index in [0.717, 1.165) is 16.6 Å². The minimum atomic E-state index is -0.280. The Labute approximate surface area is 178 Å². The number of anilines is 2. The lowest BCUT2D eigenvalue weighted by atomic mass is 10.2. The normalized spacial score (nSPS) is 11.1. The summed E-state index contributed by atoms with van der Waals surface area (Å²) in [4.78, 5) is 34.4.